The molecule has 0 heterocycles. The van der Waals surface area contributed by atoms with Gasteiger partial charge in [0.1, 0.15) is 0 Å². The fourth-order valence-electron chi connectivity index (χ4n) is 0. The zero-order valence-electron chi connectivity index (χ0n) is 1.71. The van der Waals surface area contributed by atoms with Crippen LogP contribution in [-0.2, 0) is 45.7 Å². The largest absolute Gasteiger partial charge is 0 e. The van der Waals surface area contributed by atoms with Gasteiger partial charge >= 0.3 is 48.9 Å². The maximum atomic E-state index is 0. The first-order chi connectivity index (χ1) is 0. The van der Waals surface area contributed by atoms with Crippen LogP contribution in [0.2, 0.25) is 0 Å². The smallest absolute Gasteiger partial charge is 0 e. The Morgan fingerprint density at radius 2 is 0.833 bits per heavy atom. The molecule has 0 aromatic carbocycles. The molecule has 0 aromatic rings. The monoisotopic (exact) mass is 372 g/mol. The minimum Gasteiger partial charge on any atom is 0 e. The molecule has 2 N–H and O–H groups in total. The van der Waals surface area contributed by atoms with Gasteiger partial charge in [-0.25, -0.2) is 0 Å². The fourth-order valence-corrected chi connectivity index (χ4v) is 0. The molecule has 0 bridgehead atoms. The van der Waals surface area contributed by atoms with Gasteiger partial charge in [-0.15, -0.1) is 0 Å². The van der Waals surface area contributed by atoms with Crippen molar-refractivity contribution in [2.75, 3.05) is 0 Å². The van der Waals surface area contributed by atoms with Crippen molar-refractivity contribution < 1.29 is 51.2 Å². The summed E-state index contributed by atoms with van der Waals surface area (Å²) in [5, 5.41) is 0. The van der Waals surface area contributed by atoms with E-state index < -0.39 is 0 Å². The Hall–Kier alpha value is 4.10. The molecular formula is H10Al2BaOZnZr. The van der Waals surface area contributed by atoms with Crippen molar-refractivity contribution in [1.29, 1.82) is 0 Å². The van der Waals surface area contributed by atoms with Crippen LogP contribution in [0.15, 0.2) is 0 Å². The summed E-state index contributed by atoms with van der Waals surface area (Å²) in [6.45, 7) is 0. The summed E-state index contributed by atoms with van der Waals surface area (Å²) in [5.41, 5.74) is 0. The molecule has 0 unspecified atom stereocenters. The second-order valence-electron chi connectivity index (χ2n) is 0. The van der Waals surface area contributed by atoms with E-state index in [1.165, 1.54) is 0 Å². The molecule has 0 atom stereocenters. The maximum absolute atomic E-state index is 0. The quantitative estimate of drug-likeness (QED) is 0.387. The second kappa shape index (κ2) is 35.5. The van der Waals surface area contributed by atoms with E-state index in [-0.39, 0.29) is 135 Å². The van der Waals surface area contributed by atoms with Crippen molar-refractivity contribution in [2.24, 2.45) is 0 Å². The van der Waals surface area contributed by atoms with E-state index in [2.05, 4.69) is 0 Å². The van der Waals surface area contributed by atoms with Gasteiger partial charge < -0.3 is 5.48 Å². The van der Waals surface area contributed by atoms with Gasteiger partial charge in [0, 0.05) is 45.7 Å². The summed E-state index contributed by atoms with van der Waals surface area (Å²) in [6.07, 6.45) is 0. The van der Waals surface area contributed by atoms with E-state index in [1.54, 1.807) is 0 Å². The molecule has 1 nitrogen and oxygen atoms in total. The van der Waals surface area contributed by atoms with Crippen LogP contribution in [0.3, 0.4) is 0 Å². The molecule has 0 radical (unpaired) electrons. The zero-order chi connectivity index (χ0) is 0. The second-order valence-corrected chi connectivity index (χ2v) is 0. The number of rotatable bonds is 0. The third-order valence-electron chi connectivity index (χ3n) is 0. The van der Waals surface area contributed by atoms with Crippen LogP contribution in [-0.4, -0.2) is 89.1 Å². The van der Waals surface area contributed by atoms with Gasteiger partial charge in [-0.3, -0.25) is 0 Å². The molecule has 0 aromatic heterocycles. The first-order valence-electron chi connectivity index (χ1n) is 0. The van der Waals surface area contributed by atoms with Crippen LogP contribution in [0, 0.1) is 0 Å². The Labute approximate surface area is 131 Å². The van der Waals surface area contributed by atoms with Crippen LogP contribution >= 0.6 is 0 Å². The molecule has 0 aliphatic carbocycles. The van der Waals surface area contributed by atoms with Gasteiger partial charge in [-0.1, -0.05) is 0 Å². The third-order valence-corrected chi connectivity index (χ3v) is 0. The molecule has 0 saturated carbocycles. The summed E-state index contributed by atoms with van der Waals surface area (Å²) in [4.78, 5) is 0. The average Bonchev–Trinajstić information content (AvgIpc) is 0. The van der Waals surface area contributed by atoms with E-state index in [0.717, 1.165) is 0 Å². The molecule has 0 spiro atoms. The Bertz CT molecular complexity index is 13.5. The standard InChI is InChI=1S/2Al.Ba.H2O.Zn.Zr.8H/h;;;1H2;;;;;;;;;;. The summed E-state index contributed by atoms with van der Waals surface area (Å²) < 4.78 is 0. The molecule has 0 saturated heterocycles. The van der Waals surface area contributed by atoms with Gasteiger partial charge in [0.2, 0.25) is 0 Å². The van der Waals surface area contributed by atoms with Crippen molar-refractivity contribution in [3.63, 3.8) is 0 Å². The van der Waals surface area contributed by atoms with Crippen LogP contribution in [0.1, 0.15) is 0 Å². The molecule has 0 aliphatic rings. The predicted molar refractivity (Wildman–Crippen MR) is 32.0 cm³/mol. The molecular weight excluding hydrogens is 364 g/mol. The topological polar surface area (TPSA) is 31.5 Å². The average molecular weight is 374 g/mol. The van der Waals surface area contributed by atoms with Crippen molar-refractivity contribution >= 4 is 83.6 Å². The minimum atomic E-state index is 0. The van der Waals surface area contributed by atoms with Gasteiger partial charge in [0.15, 0.2) is 34.7 Å². The summed E-state index contributed by atoms with van der Waals surface area (Å²) in [7, 11) is 0. The van der Waals surface area contributed by atoms with Crippen LogP contribution in [0.4, 0.5) is 0 Å². The first-order valence-corrected chi connectivity index (χ1v) is 0. The minimum absolute atomic E-state index is 0. The van der Waals surface area contributed by atoms with E-state index in [4.69, 9.17) is 0 Å². The maximum Gasteiger partial charge on any atom is 0 e. The Kier molecular flexibility index (Phi) is 294. The first kappa shape index (κ1) is 49.7. The van der Waals surface area contributed by atoms with E-state index in [9.17, 15) is 0 Å². The SMILES string of the molecule is O.[AlH3].[AlH3].[BaH2].[Zn].[Zr]. The molecule has 0 amide bonds. The zero-order valence-corrected chi connectivity index (χ0v) is 7.13. The van der Waals surface area contributed by atoms with Crippen molar-refractivity contribution in [3.05, 3.63) is 0 Å². The van der Waals surface area contributed by atoms with Crippen LogP contribution in [0.5, 0.6) is 0 Å². The van der Waals surface area contributed by atoms with E-state index in [1.807, 2.05) is 0 Å². The van der Waals surface area contributed by atoms with E-state index >= 15 is 0 Å². The molecule has 6 heteroatoms. The third kappa shape index (κ3) is 24.3. The summed E-state index contributed by atoms with van der Waals surface area (Å²) in [5.74, 6) is 0. The molecule has 0 fully saturated rings. The number of hydrogen-bond donors (Lipinski definition) is 0. The molecule has 0 rings (SSSR count). The molecule has 30 valence electrons. The summed E-state index contributed by atoms with van der Waals surface area (Å²) >= 11 is 0. The van der Waals surface area contributed by atoms with Gasteiger partial charge in [0.05, 0.1) is 0 Å². The van der Waals surface area contributed by atoms with E-state index in [0.29, 0.717) is 0 Å². The van der Waals surface area contributed by atoms with Gasteiger partial charge in [-0.05, 0) is 0 Å². The van der Waals surface area contributed by atoms with Crippen molar-refractivity contribution in [2.45, 2.75) is 0 Å². The summed E-state index contributed by atoms with van der Waals surface area (Å²) in [6, 6.07) is 0. The normalized spacial score (nSPS) is 0. The van der Waals surface area contributed by atoms with Crippen molar-refractivity contribution in [1.82, 2.24) is 0 Å². The number of hydrogen-bond acceptors (Lipinski definition) is 0. The van der Waals surface area contributed by atoms with Crippen LogP contribution < -0.4 is 0 Å². The van der Waals surface area contributed by atoms with Crippen LogP contribution in [0.25, 0.3) is 0 Å². The van der Waals surface area contributed by atoms with Crippen molar-refractivity contribution in [3.8, 4) is 0 Å². The predicted octanol–water partition coefficient (Wildman–Crippen LogP) is -4.11. The Morgan fingerprint density at radius 3 is 0.833 bits per heavy atom. The van der Waals surface area contributed by atoms with Gasteiger partial charge in [-0.2, -0.15) is 0 Å². The Morgan fingerprint density at radius 1 is 0.833 bits per heavy atom. The fraction of sp³-hybridized carbons (Fsp3) is 0. The molecule has 0 aliphatic heterocycles. The Balaban J connectivity index is 0. The molecule has 6 heavy (non-hydrogen) atoms. The van der Waals surface area contributed by atoms with Gasteiger partial charge in [0.25, 0.3) is 0 Å².